The SMILES string of the molecule is CC(=O)N1CCCCC1CN(C)C. The minimum atomic E-state index is 0.228. The summed E-state index contributed by atoms with van der Waals surface area (Å²) in [5, 5.41) is 0. The van der Waals surface area contributed by atoms with E-state index in [1.54, 1.807) is 6.92 Å². The van der Waals surface area contributed by atoms with Crippen LogP contribution >= 0.6 is 0 Å². The van der Waals surface area contributed by atoms with Gasteiger partial charge in [-0.15, -0.1) is 0 Å². The Morgan fingerprint density at radius 2 is 2.15 bits per heavy atom. The lowest BCUT2D eigenvalue weighted by Gasteiger charge is -2.36. The minimum Gasteiger partial charge on any atom is -0.339 e. The van der Waals surface area contributed by atoms with Gasteiger partial charge < -0.3 is 9.80 Å². The van der Waals surface area contributed by atoms with Crippen LogP contribution in [0.1, 0.15) is 26.2 Å². The Balaban J connectivity index is 2.51. The third-order valence-electron chi connectivity index (χ3n) is 2.61. The van der Waals surface area contributed by atoms with Gasteiger partial charge in [0.2, 0.25) is 5.91 Å². The third kappa shape index (κ3) is 2.99. The maximum absolute atomic E-state index is 11.3. The molecule has 1 rings (SSSR count). The van der Waals surface area contributed by atoms with E-state index in [-0.39, 0.29) is 5.91 Å². The van der Waals surface area contributed by atoms with Crippen LogP contribution in [-0.4, -0.2) is 48.9 Å². The second-order valence-corrected chi connectivity index (χ2v) is 4.12. The molecule has 76 valence electrons. The molecule has 1 aliphatic heterocycles. The number of piperidine rings is 1. The Labute approximate surface area is 80.7 Å². The summed E-state index contributed by atoms with van der Waals surface area (Å²) in [6, 6.07) is 0.446. The molecule has 1 atom stereocenters. The van der Waals surface area contributed by atoms with Crippen molar-refractivity contribution in [2.24, 2.45) is 0 Å². The minimum absolute atomic E-state index is 0.228. The molecule has 1 unspecified atom stereocenters. The zero-order valence-electron chi connectivity index (χ0n) is 8.92. The first-order valence-corrected chi connectivity index (χ1v) is 5.03. The highest BCUT2D eigenvalue weighted by Gasteiger charge is 2.24. The normalized spacial score (nSPS) is 23.7. The molecule has 1 fully saturated rings. The van der Waals surface area contributed by atoms with Gasteiger partial charge in [-0.1, -0.05) is 0 Å². The summed E-state index contributed by atoms with van der Waals surface area (Å²) in [4.78, 5) is 15.5. The van der Waals surface area contributed by atoms with E-state index in [1.807, 2.05) is 4.90 Å². The summed E-state index contributed by atoms with van der Waals surface area (Å²) in [5.74, 6) is 0.228. The highest BCUT2D eigenvalue weighted by Crippen LogP contribution is 2.17. The van der Waals surface area contributed by atoms with E-state index in [4.69, 9.17) is 0 Å². The van der Waals surface area contributed by atoms with Crippen molar-refractivity contribution in [3.63, 3.8) is 0 Å². The average Bonchev–Trinajstić information content (AvgIpc) is 2.03. The Bertz CT molecular complexity index is 180. The standard InChI is InChI=1S/C10H20N2O/c1-9(13)12-7-5-4-6-10(12)8-11(2)3/h10H,4-8H2,1-3H3. The molecule has 1 saturated heterocycles. The molecule has 1 aliphatic rings. The Morgan fingerprint density at radius 3 is 2.69 bits per heavy atom. The van der Waals surface area contributed by atoms with Gasteiger partial charge in [-0.05, 0) is 33.4 Å². The van der Waals surface area contributed by atoms with Gasteiger partial charge in [0, 0.05) is 26.1 Å². The lowest BCUT2D eigenvalue weighted by Crippen LogP contribution is -2.47. The van der Waals surface area contributed by atoms with Gasteiger partial charge >= 0.3 is 0 Å². The number of likely N-dealkylation sites (N-methyl/N-ethyl adjacent to an activating group) is 1. The maximum Gasteiger partial charge on any atom is 0.219 e. The zero-order chi connectivity index (χ0) is 9.84. The summed E-state index contributed by atoms with van der Waals surface area (Å²) < 4.78 is 0. The monoisotopic (exact) mass is 184 g/mol. The number of rotatable bonds is 2. The van der Waals surface area contributed by atoms with Gasteiger partial charge in [-0.25, -0.2) is 0 Å². The topological polar surface area (TPSA) is 23.6 Å². The van der Waals surface area contributed by atoms with Crippen LogP contribution in [0.5, 0.6) is 0 Å². The second kappa shape index (κ2) is 4.61. The van der Waals surface area contributed by atoms with Crippen molar-refractivity contribution in [3.05, 3.63) is 0 Å². The average molecular weight is 184 g/mol. The highest BCUT2D eigenvalue weighted by molar-refractivity contribution is 5.73. The van der Waals surface area contributed by atoms with Gasteiger partial charge in [0.25, 0.3) is 0 Å². The number of hydrogen-bond acceptors (Lipinski definition) is 2. The van der Waals surface area contributed by atoms with E-state index in [9.17, 15) is 4.79 Å². The fraction of sp³-hybridized carbons (Fsp3) is 0.900. The van der Waals surface area contributed by atoms with Crippen molar-refractivity contribution in [2.75, 3.05) is 27.2 Å². The van der Waals surface area contributed by atoms with E-state index in [1.165, 1.54) is 12.8 Å². The number of carbonyl (C=O) groups is 1. The molecule has 1 amide bonds. The summed E-state index contributed by atoms with van der Waals surface area (Å²) in [7, 11) is 4.12. The van der Waals surface area contributed by atoms with Crippen LogP contribution in [0, 0.1) is 0 Å². The quantitative estimate of drug-likeness (QED) is 0.638. The molecule has 0 aromatic heterocycles. The number of nitrogens with zero attached hydrogens (tertiary/aromatic N) is 2. The first kappa shape index (κ1) is 10.5. The van der Waals surface area contributed by atoms with Gasteiger partial charge in [0.1, 0.15) is 0 Å². The van der Waals surface area contributed by atoms with Crippen LogP contribution in [0.3, 0.4) is 0 Å². The van der Waals surface area contributed by atoms with E-state index in [2.05, 4.69) is 19.0 Å². The lowest BCUT2D eigenvalue weighted by molar-refractivity contribution is -0.132. The second-order valence-electron chi connectivity index (χ2n) is 4.12. The highest BCUT2D eigenvalue weighted by atomic mass is 16.2. The van der Waals surface area contributed by atoms with Crippen molar-refractivity contribution in [1.29, 1.82) is 0 Å². The van der Waals surface area contributed by atoms with E-state index < -0.39 is 0 Å². The van der Waals surface area contributed by atoms with Crippen molar-refractivity contribution in [1.82, 2.24) is 9.80 Å². The van der Waals surface area contributed by atoms with Gasteiger partial charge in [0.15, 0.2) is 0 Å². The van der Waals surface area contributed by atoms with Crippen LogP contribution < -0.4 is 0 Å². The lowest BCUT2D eigenvalue weighted by atomic mass is 10.0. The number of carbonyl (C=O) groups excluding carboxylic acids is 1. The maximum atomic E-state index is 11.3. The van der Waals surface area contributed by atoms with Crippen LogP contribution in [0.4, 0.5) is 0 Å². The largest absolute Gasteiger partial charge is 0.339 e. The summed E-state index contributed by atoms with van der Waals surface area (Å²) in [5.41, 5.74) is 0. The van der Waals surface area contributed by atoms with E-state index in [0.717, 1.165) is 19.5 Å². The number of amides is 1. The Kier molecular flexibility index (Phi) is 3.72. The molecule has 0 saturated carbocycles. The molecule has 1 heterocycles. The molecule has 0 spiro atoms. The summed E-state index contributed by atoms with van der Waals surface area (Å²) in [6.45, 7) is 3.63. The fourth-order valence-corrected chi connectivity index (χ4v) is 2.03. The predicted molar refractivity (Wildman–Crippen MR) is 53.6 cm³/mol. The molecular weight excluding hydrogens is 164 g/mol. The number of likely N-dealkylation sites (tertiary alicyclic amines) is 1. The molecule has 0 radical (unpaired) electrons. The Hall–Kier alpha value is -0.570. The van der Waals surface area contributed by atoms with Crippen molar-refractivity contribution >= 4 is 5.91 Å². The Morgan fingerprint density at radius 1 is 1.46 bits per heavy atom. The number of hydrogen-bond donors (Lipinski definition) is 0. The molecule has 0 aliphatic carbocycles. The molecule has 0 aromatic rings. The van der Waals surface area contributed by atoms with Crippen LogP contribution in [0.25, 0.3) is 0 Å². The van der Waals surface area contributed by atoms with Crippen LogP contribution in [0.2, 0.25) is 0 Å². The molecule has 0 N–H and O–H groups in total. The summed E-state index contributed by atoms with van der Waals surface area (Å²) in [6.07, 6.45) is 3.60. The summed E-state index contributed by atoms with van der Waals surface area (Å²) >= 11 is 0. The van der Waals surface area contributed by atoms with Gasteiger partial charge in [-0.2, -0.15) is 0 Å². The molecular formula is C10H20N2O. The zero-order valence-corrected chi connectivity index (χ0v) is 8.92. The molecule has 3 nitrogen and oxygen atoms in total. The van der Waals surface area contributed by atoms with Crippen molar-refractivity contribution in [3.8, 4) is 0 Å². The fourth-order valence-electron chi connectivity index (χ4n) is 2.03. The smallest absolute Gasteiger partial charge is 0.219 e. The van der Waals surface area contributed by atoms with E-state index >= 15 is 0 Å². The molecule has 0 aromatic carbocycles. The van der Waals surface area contributed by atoms with Gasteiger partial charge in [0.05, 0.1) is 0 Å². The van der Waals surface area contributed by atoms with Crippen molar-refractivity contribution < 1.29 is 4.79 Å². The van der Waals surface area contributed by atoms with Crippen LogP contribution in [0.15, 0.2) is 0 Å². The van der Waals surface area contributed by atoms with Gasteiger partial charge in [-0.3, -0.25) is 4.79 Å². The predicted octanol–water partition coefficient (Wildman–Crippen LogP) is 0.949. The first-order chi connectivity index (χ1) is 6.11. The molecule has 0 bridgehead atoms. The van der Waals surface area contributed by atoms with Crippen LogP contribution in [-0.2, 0) is 4.79 Å². The van der Waals surface area contributed by atoms with E-state index in [0.29, 0.717) is 6.04 Å². The van der Waals surface area contributed by atoms with Crippen molar-refractivity contribution in [2.45, 2.75) is 32.2 Å². The molecule has 3 heteroatoms. The first-order valence-electron chi connectivity index (χ1n) is 5.03. The third-order valence-corrected chi connectivity index (χ3v) is 2.61. The molecule has 13 heavy (non-hydrogen) atoms.